The van der Waals surface area contributed by atoms with Gasteiger partial charge in [0.1, 0.15) is 5.82 Å². The molecule has 0 saturated carbocycles. The minimum Gasteiger partial charge on any atom is -0.419 e. The number of anilines is 1. The lowest BCUT2D eigenvalue weighted by molar-refractivity contribution is -0.222. The predicted molar refractivity (Wildman–Crippen MR) is 72.1 cm³/mol. The van der Waals surface area contributed by atoms with Crippen molar-refractivity contribution in [3.05, 3.63) is 40.3 Å². The van der Waals surface area contributed by atoms with Gasteiger partial charge in [-0.1, -0.05) is 15.9 Å². The van der Waals surface area contributed by atoms with E-state index in [2.05, 4.69) is 21.2 Å². The zero-order valence-electron chi connectivity index (χ0n) is 10.7. The summed E-state index contributed by atoms with van der Waals surface area (Å²) in [6.45, 7) is 2.89. The van der Waals surface area contributed by atoms with Crippen molar-refractivity contribution in [3.8, 4) is 0 Å². The van der Waals surface area contributed by atoms with Gasteiger partial charge in [0, 0.05) is 24.5 Å². The van der Waals surface area contributed by atoms with E-state index in [-0.39, 0.29) is 11.3 Å². The van der Waals surface area contributed by atoms with Crippen LogP contribution in [-0.4, -0.2) is 17.7 Å². The lowest BCUT2D eigenvalue weighted by Gasteiger charge is -2.29. The van der Waals surface area contributed by atoms with E-state index in [1.807, 2.05) is 0 Å². The van der Waals surface area contributed by atoms with E-state index in [9.17, 15) is 14.0 Å². The summed E-state index contributed by atoms with van der Waals surface area (Å²) in [5.41, 5.74) is -0.210. The maximum Gasteiger partial charge on any atom is 0.350 e. The average molecular weight is 344 g/mol. The van der Waals surface area contributed by atoms with E-state index in [0.29, 0.717) is 4.47 Å². The number of hydrogen-bond donors (Lipinski definition) is 1. The Bertz CT molecular complexity index is 590. The fourth-order valence-electron chi connectivity index (χ4n) is 1.53. The maximum absolute atomic E-state index is 13.6. The van der Waals surface area contributed by atoms with Crippen LogP contribution in [0.1, 0.15) is 13.8 Å². The quantitative estimate of drug-likeness (QED) is 0.508. The van der Waals surface area contributed by atoms with Crippen LogP contribution in [0.25, 0.3) is 0 Å². The highest BCUT2D eigenvalue weighted by Crippen LogP contribution is 2.24. The molecule has 0 aliphatic carbocycles. The highest BCUT2D eigenvalue weighted by Gasteiger charge is 2.38. The van der Waals surface area contributed by atoms with Crippen molar-refractivity contribution in [2.45, 2.75) is 19.6 Å². The van der Waals surface area contributed by atoms with Gasteiger partial charge in [0.2, 0.25) is 0 Å². The topological polar surface area (TPSA) is 64.6 Å². The minimum atomic E-state index is -1.30. The average Bonchev–Trinajstić information content (AvgIpc) is 2.28. The Morgan fingerprint density at radius 1 is 1.25 bits per heavy atom. The monoisotopic (exact) mass is 343 g/mol. The van der Waals surface area contributed by atoms with Crippen LogP contribution in [0.4, 0.5) is 10.1 Å². The Morgan fingerprint density at radius 2 is 1.85 bits per heavy atom. The normalized spacial score (nSPS) is 17.3. The van der Waals surface area contributed by atoms with Crippen molar-refractivity contribution >= 4 is 33.6 Å². The second kappa shape index (κ2) is 5.24. The molecule has 0 bridgehead atoms. The number of carbonyl (C=O) groups excluding carboxylic acids is 2. The van der Waals surface area contributed by atoms with Gasteiger partial charge in [-0.3, -0.25) is 0 Å². The van der Waals surface area contributed by atoms with Gasteiger partial charge in [-0.25, -0.2) is 14.0 Å². The summed E-state index contributed by atoms with van der Waals surface area (Å²) in [5.74, 6) is -3.48. The van der Waals surface area contributed by atoms with Crippen LogP contribution in [0.5, 0.6) is 0 Å². The summed E-state index contributed by atoms with van der Waals surface area (Å²) >= 11 is 3.12. The van der Waals surface area contributed by atoms with Crippen LogP contribution in [0, 0.1) is 5.82 Å². The van der Waals surface area contributed by atoms with Crippen LogP contribution in [0.3, 0.4) is 0 Å². The molecule has 1 aliphatic heterocycles. The number of benzene rings is 1. The number of ether oxygens (including phenoxy) is 2. The van der Waals surface area contributed by atoms with Crippen molar-refractivity contribution in [2.75, 3.05) is 5.32 Å². The van der Waals surface area contributed by atoms with Crippen molar-refractivity contribution in [2.24, 2.45) is 0 Å². The predicted octanol–water partition coefficient (Wildman–Crippen LogP) is 2.72. The van der Waals surface area contributed by atoms with Gasteiger partial charge in [0.15, 0.2) is 5.57 Å². The third kappa shape index (κ3) is 3.16. The molecule has 0 unspecified atom stereocenters. The van der Waals surface area contributed by atoms with E-state index in [0.717, 1.165) is 6.20 Å². The van der Waals surface area contributed by atoms with Crippen LogP contribution in [0.15, 0.2) is 34.4 Å². The first-order valence-corrected chi connectivity index (χ1v) is 6.46. The number of hydrogen-bond acceptors (Lipinski definition) is 5. The molecule has 1 heterocycles. The molecule has 0 spiro atoms. The highest BCUT2D eigenvalue weighted by atomic mass is 79.9. The third-order valence-corrected chi connectivity index (χ3v) is 2.91. The molecule has 0 amide bonds. The van der Waals surface area contributed by atoms with Gasteiger partial charge in [-0.15, -0.1) is 0 Å². The Morgan fingerprint density at radius 3 is 2.40 bits per heavy atom. The lowest BCUT2D eigenvalue weighted by atomic mass is 10.2. The van der Waals surface area contributed by atoms with Gasteiger partial charge >= 0.3 is 11.9 Å². The van der Waals surface area contributed by atoms with Gasteiger partial charge in [0.25, 0.3) is 5.79 Å². The molecular formula is C13H11BrFNO4. The van der Waals surface area contributed by atoms with E-state index in [1.165, 1.54) is 26.0 Å². The molecular weight excluding hydrogens is 333 g/mol. The number of nitrogens with one attached hydrogen (secondary N) is 1. The van der Waals surface area contributed by atoms with Crippen molar-refractivity contribution in [1.82, 2.24) is 0 Å². The Kier molecular flexibility index (Phi) is 3.80. The molecule has 5 nitrogen and oxygen atoms in total. The molecule has 106 valence electrons. The zero-order chi connectivity index (χ0) is 14.9. The molecule has 1 N–H and O–H groups in total. The molecule has 1 fully saturated rings. The van der Waals surface area contributed by atoms with Gasteiger partial charge in [-0.05, 0) is 18.2 Å². The van der Waals surface area contributed by atoms with Crippen LogP contribution in [0.2, 0.25) is 0 Å². The molecule has 7 heteroatoms. The van der Waals surface area contributed by atoms with E-state index in [4.69, 9.17) is 9.47 Å². The van der Waals surface area contributed by atoms with E-state index < -0.39 is 23.5 Å². The summed E-state index contributed by atoms with van der Waals surface area (Å²) in [6, 6.07) is 4.33. The molecule has 2 rings (SSSR count). The lowest BCUT2D eigenvalue weighted by Crippen LogP contribution is -2.42. The smallest absolute Gasteiger partial charge is 0.350 e. The number of halogens is 2. The second-order valence-electron chi connectivity index (χ2n) is 4.51. The van der Waals surface area contributed by atoms with Crippen molar-refractivity contribution < 1.29 is 23.5 Å². The zero-order valence-corrected chi connectivity index (χ0v) is 12.3. The first-order valence-electron chi connectivity index (χ1n) is 5.67. The minimum absolute atomic E-state index is 0.117. The van der Waals surface area contributed by atoms with Crippen molar-refractivity contribution in [3.63, 3.8) is 0 Å². The number of rotatable bonds is 2. The molecule has 1 aromatic rings. The molecule has 20 heavy (non-hydrogen) atoms. The number of carbonyl (C=O) groups is 2. The first-order chi connectivity index (χ1) is 9.28. The first kappa shape index (κ1) is 14.5. The van der Waals surface area contributed by atoms with Gasteiger partial charge < -0.3 is 14.8 Å². The molecule has 1 aliphatic rings. The van der Waals surface area contributed by atoms with E-state index >= 15 is 0 Å². The standard InChI is InChI=1S/C13H11BrFNO4/c1-13(2)19-11(17)8(12(18)20-13)6-16-10-4-3-7(14)5-9(10)15/h3-6,16H,1-2H3. The SMILES string of the molecule is CC1(C)OC(=O)C(=CNc2ccc(Br)cc2F)C(=O)O1. The summed E-state index contributed by atoms with van der Waals surface area (Å²) in [4.78, 5) is 23.3. The largest absolute Gasteiger partial charge is 0.419 e. The molecule has 1 saturated heterocycles. The van der Waals surface area contributed by atoms with Gasteiger partial charge in [-0.2, -0.15) is 0 Å². The van der Waals surface area contributed by atoms with Gasteiger partial charge in [0.05, 0.1) is 5.69 Å². The number of esters is 2. The van der Waals surface area contributed by atoms with Crippen LogP contribution >= 0.6 is 15.9 Å². The second-order valence-corrected chi connectivity index (χ2v) is 5.42. The maximum atomic E-state index is 13.6. The van der Waals surface area contributed by atoms with Crippen LogP contribution in [-0.2, 0) is 19.1 Å². The Hall–Kier alpha value is -1.89. The van der Waals surface area contributed by atoms with Crippen LogP contribution < -0.4 is 5.32 Å². The highest BCUT2D eigenvalue weighted by molar-refractivity contribution is 9.10. The third-order valence-electron chi connectivity index (χ3n) is 2.42. The van der Waals surface area contributed by atoms with Crippen molar-refractivity contribution in [1.29, 1.82) is 0 Å². The fraction of sp³-hybridized carbons (Fsp3) is 0.231. The number of cyclic esters (lactones) is 2. The van der Waals surface area contributed by atoms with E-state index in [1.54, 1.807) is 6.07 Å². The Labute approximate surface area is 122 Å². The summed E-state index contributed by atoms with van der Waals surface area (Å²) in [5, 5.41) is 2.54. The fourth-order valence-corrected chi connectivity index (χ4v) is 1.87. The summed E-state index contributed by atoms with van der Waals surface area (Å²) in [7, 11) is 0. The molecule has 0 atom stereocenters. The summed E-state index contributed by atoms with van der Waals surface area (Å²) < 4.78 is 23.9. The molecule has 0 aromatic heterocycles. The molecule has 0 radical (unpaired) electrons. The molecule has 1 aromatic carbocycles. The summed E-state index contributed by atoms with van der Waals surface area (Å²) in [6.07, 6.45) is 1.06. The Balaban J connectivity index is 2.19.